The Morgan fingerprint density at radius 3 is 2.62 bits per heavy atom. The molecule has 1 aliphatic rings. The van der Waals surface area contributed by atoms with Crippen molar-refractivity contribution >= 4 is 15.9 Å². The van der Waals surface area contributed by atoms with E-state index in [1.165, 1.54) is 5.56 Å². The van der Waals surface area contributed by atoms with Gasteiger partial charge >= 0.3 is 0 Å². The number of hydrogen-bond acceptors (Lipinski definition) is 2. The summed E-state index contributed by atoms with van der Waals surface area (Å²) in [4.78, 5) is 0. The first kappa shape index (κ1) is 12.1. The second-order valence-electron chi connectivity index (χ2n) is 4.19. The zero-order valence-corrected chi connectivity index (χ0v) is 10.9. The topological polar surface area (TPSA) is 18.5 Å². The van der Waals surface area contributed by atoms with E-state index in [1.807, 2.05) is 6.07 Å². The Morgan fingerprint density at radius 2 is 2.00 bits per heavy atom. The molecule has 16 heavy (non-hydrogen) atoms. The number of ether oxygens (including phenoxy) is 2. The molecule has 0 bridgehead atoms. The minimum atomic E-state index is -0.136. The summed E-state index contributed by atoms with van der Waals surface area (Å²) in [5.74, 6) is 0. The van der Waals surface area contributed by atoms with Crippen molar-refractivity contribution in [2.24, 2.45) is 0 Å². The van der Waals surface area contributed by atoms with Gasteiger partial charge in [-0.25, -0.2) is 0 Å². The Balaban J connectivity index is 2.07. The molecule has 2 nitrogen and oxygen atoms in total. The van der Waals surface area contributed by atoms with E-state index in [1.54, 1.807) is 0 Å². The maximum absolute atomic E-state index is 5.95. The fraction of sp³-hybridized carbons (Fsp3) is 0.538. The number of hydrogen-bond donors (Lipinski definition) is 0. The van der Waals surface area contributed by atoms with Gasteiger partial charge in [0.25, 0.3) is 0 Å². The molecule has 0 saturated carbocycles. The van der Waals surface area contributed by atoms with Crippen LogP contribution in [0.4, 0.5) is 0 Å². The first-order valence-corrected chi connectivity index (χ1v) is 6.78. The van der Waals surface area contributed by atoms with Gasteiger partial charge in [-0.15, -0.1) is 0 Å². The molecule has 1 aromatic rings. The van der Waals surface area contributed by atoms with E-state index in [0.29, 0.717) is 13.2 Å². The van der Waals surface area contributed by atoms with E-state index in [-0.39, 0.29) is 5.60 Å². The summed E-state index contributed by atoms with van der Waals surface area (Å²) >= 11 is 3.50. The molecule has 0 N–H and O–H groups in total. The quantitative estimate of drug-likeness (QED) is 0.792. The van der Waals surface area contributed by atoms with Crippen LogP contribution >= 0.6 is 15.9 Å². The molecule has 1 saturated heterocycles. The molecule has 3 heteroatoms. The average molecular weight is 285 g/mol. The van der Waals surface area contributed by atoms with E-state index in [4.69, 9.17) is 9.47 Å². The normalized spacial score (nSPS) is 25.6. The Hall–Kier alpha value is -0.380. The van der Waals surface area contributed by atoms with Crippen LogP contribution in [0.2, 0.25) is 0 Å². The van der Waals surface area contributed by atoms with Gasteiger partial charge in [0.2, 0.25) is 0 Å². The molecule has 0 aliphatic carbocycles. The monoisotopic (exact) mass is 284 g/mol. The zero-order chi connectivity index (χ0) is 11.3. The molecule has 1 heterocycles. The van der Waals surface area contributed by atoms with Crippen LogP contribution in [0.15, 0.2) is 30.3 Å². The third-order valence-corrected chi connectivity index (χ3v) is 3.32. The second kappa shape index (κ2) is 5.80. The van der Waals surface area contributed by atoms with Crippen LogP contribution in [0, 0.1) is 0 Å². The zero-order valence-electron chi connectivity index (χ0n) is 9.32. The van der Waals surface area contributed by atoms with E-state index in [0.717, 1.165) is 24.8 Å². The van der Waals surface area contributed by atoms with E-state index in [9.17, 15) is 0 Å². The van der Waals surface area contributed by atoms with Gasteiger partial charge < -0.3 is 9.47 Å². The van der Waals surface area contributed by atoms with Gasteiger partial charge in [-0.1, -0.05) is 46.3 Å². The fourth-order valence-corrected chi connectivity index (χ4v) is 2.81. The lowest BCUT2D eigenvalue weighted by atomic mass is 9.92. The number of benzene rings is 1. The predicted octanol–water partition coefficient (Wildman–Crippen LogP) is 2.80. The Morgan fingerprint density at radius 1 is 1.19 bits per heavy atom. The number of halogens is 1. The minimum Gasteiger partial charge on any atom is -0.376 e. The van der Waals surface area contributed by atoms with Crippen molar-refractivity contribution in [2.75, 3.05) is 25.2 Å². The lowest BCUT2D eigenvalue weighted by Crippen LogP contribution is -2.45. The highest BCUT2D eigenvalue weighted by atomic mass is 79.9. The molecule has 88 valence electrons. The van der Waals surface area contributed by atoms with Crippen LogP contribution in [0.1, 0.15) is 12.0 Å². The van der Waals surface area contributed by atoms with Gasteiger partial charge in [0.05, 0.1) is 25.4 Å². The highest BCUT2D eigenvalue weighted by molar-refractivity contribution is 9.09. The van der Waals surface area contributed by atoms with E-state index >= 15 is 0 Å². The first-order valence-electron chi connectivity index (χ1n) is 5.66. The molecule has 0 spiro atoms. The Labute approximate surface area is 105 Å². The Bertz CT molecular complexity index is 301. The van der Waals surface area contributed by atoms with Gasteiger partial charge in [-0.05, 0) is 12.0 Å². The van der Waals surface area contributed by atoms with Crippen LogP contribution in [-0.4, -0.2) is 30.8 Å². The smallest absolute Gasteiger partial charge is 0.0963 e. The van der Waals surface area contributed by atoms with Crippen molar-refractivity contribution in [3.05, 3.63) is 35.9 Å². The highest BCUT2D eigenvalue weighted by Crippen LogP contribution is 2.26. The highest BCUT2D eigenvalue weighted by Gasteiger charge is 2.33. The molecule has 0 amide bonds. The molecule has 2 rings (SSSR count). The molecule has 1 aromatic carbocycles. The van der Waals surface area contributed by atoms with E-state index in [2.05, 4.69) is 40.2 Å². The van der Waals surface area contributed by atoms with Crippen molar-refractivity contribution in [2.45, 2.75) is 18.4 Å². The molecule has 1 unspecified atom stereocenters. The van der Waals surface area contributed by atoms with Crippen molar-refractivity contribution in [1.82, 2.24) is 0 Å². The standard InChI is InChI=1S/C13H17BrO2/c14-7-6-13(11-15-8-9-16-13)10-12-4-2-1-3-5-12/h1-5H,6-11H2. The minimum absolute atomic E-state index is 0.136. The fourth-order valence-electron chi connectivity index (χ4n) is 2.09. The lowest BCUT2D eigenvalue weighted by molar-refractivity contribution is -0.157. The number of rotatable bonds is 4. The molecular formula is C13H17BrO2. The predicted molar refractivity (Wildman–Crippen MR) is 68.1 cm³/mol. The molecule has 0 aromatic heterocycles. The molecule has 1 atom stereocenters. The average Bonchev–Trinajstić information content (AvgIpc) is 2.31. The summed E-state index contributed by atoms with van der Waals surface area (Å²) in [6.07, 6.45) is 1.92. The SMILES string of the molecule is BrCCC1(Cc2ccccc2)COCCO1. The molecule has 1 fully saturated rings. The molecule has 0 radical (unpaired) electrons. The van der Waals surface area contributed by atoms with Crippen molar-refractivity contribution in [1.29, 1.82) is 0 Å². The van der Waals surface area contributed by atoms with Crippen molar-refractivity contribution < 1.29 is 9.47 Å². The van der Waals surface area contributed by atoms with Crippen LogP contribution in [-0.2, 0) is 15.9 Å². The first-order chi connectivity index (χ1) is 7.85. The summed E-state index contributed by atoms with van der Waals surface area (Å²) in [6, 6.07) is 10.5. The van der Waals surface area contributed by atoms with Gasteiger partial charge in [0, 0.05) is 11.8 Å². The maximum Gasteiger partial charge on any atom is 0.0963 e. The van der Waals surface area contributed by atoms with Gasteiger partial charge in [-0.2, -0.15) is 0 Å². The summed E-state index contributed by atoms with van der Waals surface area (Å²) in [5.41, 5.74) is 1.18. The van der Waals surface area contributed by atoms with Gasteiger partial charge in [0.1, 0.15) is 0 Å². The maximum atomic E-state index is 5.95. The van der Waals surface area contributed by atoms with Crippen molar-refractivity contribution in [3.63, 3.8) is 0 Å². The summed E-state index contributed by atoms with van der Waals surface area (Å²) in [6.45, 7) is 2.13. The van der Waals surface area contributed by atoms with Crippen LogP contribution in [0.5, 0.6) is 0 Å². The molecule has 1 aliphatic heterocycles. The van der Waals surface area contributed by atoms with Crippen LogP contribution in [0.3, 0.4) is 0 Å². The Kier molecular flexibility index (Phi) is 4.38. The van der Waals surface area contributed by atoms with E-state index < -0.39 is 0 Å². The molecular weight excluding hydrogens is 268 g/mol. The second-order valence-corrected chi connectivity index (χ2v) is 4.98. The lowest BCUT2D eigenvalue weighted by Gasteiger charge is -2.37. The van der Waals surface area contributed by atoms with Crippen LogP contribution in [0.25, 0.3) is 0 Å². The number of alkyl halides is 1. The van der Waals surface area contributed by atoms with Crippen molar-refractivity contribution in [3.8, 4) is 0 Å². The summed E-state index contributed by atoms with van der Waals surface area (Å²) in [5, 5.41) is 0.948. The van der Waals surface area contributed by atoms with Gasteiger partial charge in [0.15, 0.2) is 0 Å². The third kappa shape index (κ3) is 3.06. The van der Waals surface area contributed by atoms with Gasteiger partial charge in [-0.3, -0.25) is 0 Å². The van der Waals surface area contributed by atoms with Crippen LogP contribution < -0.4 is 0 Å². The summed E-state index contributed by atoms with van der Waals surface area (Å²) < 4.78 is 11.5. The summed E-state index contributed by atoms with van der Waals surface area (Å²) in [7, 11) is 0. The largest absolute Gasteiger partial charge is 0.376 e. The third-order valence-electron chi connectivity index (χ3n) is 2.92.